The molecule has 1 aliphatic rings. The summed E-state index contributed by atoms with van der Waals surface area (Å²) in [6, 6.07) is 0. The highest BCUT2D eigenvalue weighted by molar-refractivity contribution is 6.01. The molecule has 3 amide bonds. The molecule has 0 saturated carbocycles. The second-order valence-corrected chi connectivity index (χ2v) is 5.66. The fourth-order valence-corrected chi connectivity index (χ4v) is 2.10. The highest BCUT2D eigenvalue weighted by atomic mass is 16.7. The number of carbonyl (C=O) groups is 6. The Morgan fingerprint density at radius 1 is 0.923 bits per heavy atom. The molecule has 1 rings (SSSR count). The predicted molar refractivity (Wildman–Crippen MR) is 84.4 cm³/mol. The van der Waals surface area contributed by atoms with Crippen LogP contribution in [0.15, 0.2) is 0 Å². The Bertz CT molecular complexity index is 544. The number of amides is 3. The first-order valence-corrected chi connectivity index (χ1v) is 8.42. The molecule has 0 radical (unpaired) electrons. The standard InChI is InChI=1S/C16H22N2O8/c19-11-5-6-12(20)17-25-15(23)7-3-1-2-4-8-16(24)26-18-13(21)9-10-14(18)22/h11H,1-10H2,(H,17,20). The molecule has 0 spiro atoms. The van der Waals surface area contributed by atoms with E-state index >= 15 is 0 Å². The Hall–Kier alpha value is -2.78. The fraction of sp³-hybridized carbons (Fsp3) is 0.625. The molecule has 1 aliphatic heterocycles. The lowest BCUT2D eigenvalue weighted by Crippen LogP contribution is -2.31. The summed E-state index contributed by atoms with van der Waals surface area (Å²) in [5, 5.41) is 0.516. The summed E-state index contributed by atoms with van der Waals surface area (Å²) >= 11 is 0. The van der Waals surface area contributed by atoms with E-state index in [1.54, 1.807) is 0 Å². The van der Waals surface area contributed by atoms with E-state index in [0.29, 0.717) is 37.0 Å². The third-order valence-electron chi connectivity index (χ3n) is 3.48. The van der Waals surface area contributed by atoms with Gasteiger partial charge in [0.1, 0.15) is 6.29 Å². The maximum absolute atomic E-state index is 11.6. The van der Waals surface area contributed by atoms with Gasteiger partial charge < -0.3 is 14.5 Å². The van der Waals surface area contributed by atoms with Crippen molar-refractivity contribution in [1.29, 1.82) is 0 Å². The van der Waals surface area contributed by atoms with Crippen LogP contribution in [-0.2, 0) is 38.4 Å². The molecule has 26 heavy (non-hydrogen) atoms. The molecule has 10 nitrogen and oxygen atoms in total. The Balaban J connectivity index is 2.01. The summed E-state index contributed by atoms with van der Waals surface area (Å²) in [7, 11) is 0. The van der Waals surface area contributed by atoms with Gasteiger partial charge in [-0.3, -0.25) is 14.4 Å². The SMILES string of the molecule is O=CCCC(=O)NOC(=O)CCCCCCC(=O)ON1C(=O)CCC1=O. The van der Waals surface area contributed by atoms with Gasteiger partial charge in [0, 0.05) is 38.5 Å². The van der Waals surface area contributed by atoms with Crippen LogP contribution in [0.25, 0.3) is 0 Å². The zero-order valence-corrected chi connectivity index (χ0v) is 14.4. The van der Waals surface area contributed by atoms with Gasteiger partial charge in [-0.25, -0.2) is 9.59 Å². The minimum absolute atomic E-state index is 0.0402. The van der Waals surface area contributed by atoms with Crippen molar-refractivity contribution in [2.75, 3.05) is 0 Å². The molecule has 0 aliphatic carbocycles. The van der Waals surface area contributed by atoms with Crippen LogP contribution < -0.4 is 5.48 Å². The van der Waals surface area contributed by atoms with E-state index in [-0.39, 0.29) is 38.5 Å². The normalized spacial score (nSPS) is 13.5. The van der Waals surface area contributed by atoms with Gasteiger partial charge in [0.2, 0.25) is 0 Å². The lowest BCUT2D eigenvalue weighted by molar-refractivity contribution is -0.197. The fourth-order valence-electron chi connectivity index (χ4n) is 2.10. The topological polar surface area (TPSA) is 136 Å². The lowest BCUT2D eigenvalue weighted by Gasteiger charge is -2.12. The van der Waals surface area contributed by atoms with E-state index in [1.807, 2.05) is 5.48 Å². The van der Waals surface area contributed by atoms with Crippen molar-refractivity contribution in [1.82, 2.24) is 10.5 Å². The summed E-state index contributed by atoms with van der Waals surface area (Å²) in [5.74, 6) is -2.81. The van der Waals surface area contributed by atoms with E-state index < -0.39 is 29.7 Å². The van der Waals surface area contributed by atoms with Crippen LogP contribution in [0, 0.1) is 0 Å². The second-order valence-electron chi connectivity index (χ2n) is 5.66. The lowest BCUT2D eigenvalue weighted by atomic mass is 10.1. The number of nitrogens with one attached hydrogen (secondary N) is 1. The molecule has 1 fully saturated rings. The number of carbonyl (C=O) groups excluding carboxylic acids is 6. The number of hydroxylamine groups is 3. The second kappa shape index (κ2) is 11.7. The summed E-state index contributed by atoms with van der Waals surface area (Å²) in [5.41, 5.74) is 1.96. The van der Waals surface area contributed by atoms with Crippen molar-refractivity contribution in [3.05, 3.63) is 0 Å². The van der Waals surface area contributed by atoms with Gasteiger partial charge >= 0.3 is 11.9 Å². The summed E-state index contributed by atoms with van der Waals surface area (Å²) in [6.45, 7) is 0. The molecular formula is C16H22N2O8. The van der Waals surface area contributed by atoms with Gasteiger partial charge in [0.15, 0.2) is 0 Å². The number of hydrogen-bond donors (Lipinski definition) is 1. The minimum Gasteiger partial charge on any atom is -0.341 e. The van der Waals surface area contributed by atoms with Crippen molar-refractivity contribution in [2.24, 2.45) is 0 Å². The number of nitrogens with zero attached hydrogens (tertiary/aromatic N) is 1. The van der Waals surface area contributed by atoms with Crippen LogP contribution in [0.1, 0.15) is 64.2 Å². The molecule has 0 bridgehead atoms. The zero-order valence-electron chi connectivity index (χ0n) is 14.4. The molecule has 0 unspecified atom stereocenters. The van der Waals surface area contributed by atoms with Gasteiger partial charge in [-0.15, -0.1) is 5.06 Å². The number of imide groups is 1. The van der Waals surface area contributed by atoms with Gasteiger partial charge in [0.05, 0.1) is 0 Å². The molecule has 0 aromatic carbocycles. The maximum Gasteiger partial charge on any atom is 0.333 e. The van der Waals surface area contributed by atoms with Gasteiger partial charge in [-0.05, 0) is 12.8 Å². The number of aldehydes is 1. The Kier molecular flexibility index (Phi) is 9.58. The third kappa shape index (κ3) is 8.36. The zero-order chi connectivity index (χ0) is 19.4. The summed E-state index contributed by atoms with van der Waals surface area (Å²) in [4.78, 5) is 76.0. The van der Waals surface area contributed by atoms with E-state index in [2.05, 4.69) is 4.84 Å². The molecule has 0 aromatic heterocycles. The monoisotopic (exact) mass is 370 g/mol. The molecular weight excluding hydrogens is 348 g/mol. The largest absolute Gasteiger partial charge is 0.341 e. The number of hydrogen-bond acceptors (Lipinski definition) is 8. The van der Waals surface area contributed by atoms with Crippen LogP contribution in [0.4, 0.5) is 0 Å². The Labute approximate surface area is 150 Å². The van der Waals surface area contributed by atoms with Crippen LogP contribution in [-0.4, -0.2) is 41.0 Å². The molecule has 1 heterocycles. The molecule has 0 atom stereocenters. The van der Waals surface area contributed by atoms with E-state index in [0.717, 1.165) is 0 Å². The van der Waals surface area contributed by atoms with Crippen molar-refractivity contribution in [3.63, 3.8) is 0 Å². The quantitative estimate of drug-likeness (QED) is 0.240. The van der Waals surface area contributed by atoms with E-state index in [4.69, 9.17) is 4.84 Å². The summed E-state index contributed by atoms with van der Waals surface area (Å²) in [6.07, 6.45) is 3.21. The van der Waals surface area contributed by atoms with Crippen LogP contribution in [0.2, 0.25) is 0 Å². The van der Waals surface area contributed by atoms with Crippen LogP contribution in [0.5, 0.6) is 0 Å². The predicted octanol–water partition coefficient (Wildman–Crippen LogP) is 0.488. The first-order chi connectivity index (χ1) is 12.4. The van der Waals surface area contributed by atoms with Crippen molar-refractivity contribution in [3.8, 4) is 0 Å². The Morgan fingerprint density at radius 3 is 2.08 bits per heavy atom. The highest BCUT2D eigenvalue weighted by Gasteiger charge is 2.32. The van der Waals surface area contributed by atoms with E-state index in [9.17, 15) is 28.8 Å². The highest BCUT2D eigenvalue weighted by Crippen LogP contribution is 2.14. The maximum atomic E-state index is 11.6. The van der Waals surface area contributed by atoms with Crippen molar-refractivity contribution < 1.29 is 38.4 Å². The van der Waals surface area contributed by atoms with Crippen molar-refractivity contribution in [2.45, 2.75) is 64.2 Å². The van der Waals surface area contributed by atoms with Gasteiger partial charge in [-0.1, -0.05) is 12.8 Å². The molecule has 10 heteroatoms. The first kappa shape index (κ1) is 21.3. The first-order valence-electron chi connectivity index (χ1n) is 8.42. The molecule has 144 valence electrons. The average Bonchev–Trinajstić information content (AvgIpc) is 2.93. The smallest absolute Gasteiger partial charge is 0.333 e. The number of unbranched alkanes of at least 4 members (excludes halogenated alkanes) is 3. The van der Waals surface area contributed by atoms with Crippen LogP contribution >= 0.6 is 0 Å². The molecule has 1 N–H and O–H groups in total. The molecule has 0 aromatic rings. The number of rotatable bonds is 11. The van der Waals surface area contributed by atoms with Gasteiger partial charge in [0.25, 0.3) is 17.7 Å². The Morgan fingerprint density at radius 2 is 1.50 bits per heavy atom. The van der Waals surface area contributed by atoms with Crippen LogP contribution in [0.3, 0.4) is 0 Å². The van der Waals surface area contributed by atoms with Crippen molar-refractivity contribution >= 4 is 35.9 Å². The van der Waals surface area contributed by atoms with E-state index in [1.165, 1.54) is 0 Å². The summed E-state index contributed by atoms with van der Waals surface area (Å²) < 4.78 is 0. The minimum atomic E-state index is -0.647. The molecule has 1 saturated heterocycles. The van der Waals surface area contributed by atoms with Gasteiger partial charge in [-0.2, -0.15) is 5.48 Å². The third-order valence-corrected chi connectivity index (χ3v) is 3.48. The average molecular weight is 370 g/mol.